The van der Waals surface area contributed by atoms with Crippen molar-refractivity contribution in [1.82, 2.24) is 15.2 Å². The molecule has 2 N–H and O–H groups in total. The topological polar surface area (TPSA) is 88.1 Å². The molecule has 0 bridgehead atoms. The lowest BCUT2D eigenvalue weighted by Crippen LogP contribution is -2.02. The van der Waals surface area contributed by atoms with E-state index in [1.165, 1.54) is 0 Å². The molecule has 1 aromatic carbocycles. The van der Waals surface area contributed by atoms with E-state index in [1.54, 1.807) is 36.7 Å². The average molecular weight is 309 g/mol. The lowest BCUT2D eigenvalue weighted by atomic mass is 10.1. The number of hydrogen-bond acceptors (Lipinski definition) is 4. The molecule has 0 saturated carbocycles. The minimum absolute atomic E-state index is 0.285. The van der Waals surface area contributed by atoms with E-state index in [4.69, 9.17) is 9.84 Å². The minimum Gasteiger partial charge on any atom is -0.492 e. The van der Waals surface area contributed by atoms with Crippen LogP contribution in [0.25, 0.3) is 11.4 Å². The Labute approximate surface area is 132 Å². The summed E-state index contributed by atoms with van der Waals surface area (Å²) in [5.41, 5.74) is 2.97. The summed E-state index contributed by atoms with van der Waals surface area (Å²) >= 11 is 0. The van der Waals surface area contributed by atoms with Gasteiger partial charge in [-0.1, -0.05) is 12.1 Å². The molecule has 6 nitrogen and oxygen atoms in total. The molecule has 0 unspecified atom stereocenters. The average Bonchev–Trinajstić information content (AvgIpc) is 3.10. The van der Waals surface area contributed by atoms with Gasteiger partial charge in [-0.3, -0.25) is 10.1 Å². The lowest BCUT2D eigenvalue weighted by molar-refractivity contribution is 0.0697. The van der Waals surface area contributed by atoms with Gasteiger partial charge in [-0.25, -0.2) is 4.79 Å². The molecule has 0 aliphatic carbocycles. The first-order chi connectivity index (χ1) is 11.2. The zero-order chi connectivity index (χ0) is 16.1. The van der Waals surface area contributed by atoms with Crippen molar-refractivity contribution in [1.29, 1.82) is 0 Å². The summed E-state index contributed by atoms with van der Waals surface area (Å²) < 4.78 is 5.66. The molecule has 6 heteroatoms. The van der Waals surface area contributed by atoms with Crippen LogP contribution < -0.4 is 4.74 Å². The van der Waals surface area contributed by atoms with E-state index in [0.29, 0.717) is 18.8 Å². The van der Waals surface area contributed by atoms with Crippen molar-refractivity contribution in [2.24, 2.45) is 0 Å². The van der Waals surface area contributed by atoms with Gasteiger partial charge in [-0.05, 0) is 35.9 Å². The molecular weight excluding hydrogens is 294 g/mol. The summed E-state index contributed by atoms with van der Waals surface area (Å²) in [6.45, 7) is 0.498. The van der Waals surface area contributed by atoms with Crippen LogP contribution in [0.2, 0.25) is 0 Å². The quantitative estimate of drug-likeness (QED) is 0.731. The highest BCUT2D eigenvalue weighted by Gasteiger charge is 2.03. The molecule has 0 aliphatic rings. The van der Waals surface area contributed by atoms with Crippen LogP contribution in [0.1, 0.15) is 15.9 Å². The third kappa shape index (κ3) is 3.74. The fraction of sp³-hybridized carbons (Fsp3) is 0.118. The van der Waals surface area contributed by atoms with E-state index < -0.39 is 5.97 Å². The molecule has 3 aromatic rings. The molecule has 2 aromatic heterocycles. The van der Waals surface area contributed by atoms with Crippen LogP contribution in [0.5, 0.6) is 5.75 Å². The van der Waals surface area contributed by atoms with Gasteiger partial charge in [0.1, 0.15) is 5.75 Å². The number of H-pyrrole nitrogens is 1. The number of pyridine rings is 1. The number of aromatic amines is 1. The van der Waals surface area contributed by atoms with Crippen molar-refractivity contribution in [2.45, 2.75) is 6.42 Å². The Morgan fingerprint density at radius 2 is 1.96 bits per heavy atom. The monoisotopic (exact) mass is 309 g/mol. The van der Waals surface area contributed by atoms with E-state index in [2.05, 4.69) is 15.2 Å². The highest BCUT2D eigenvalue weighted by atomic mass is 16.5. The Hall–Kier alpha value is -3.15. The van der Waals surface area contributed by atoms with Gasteiger partial charge < -0.3 is 9.84 Å². The number of hydrogen-bond donors (Lipinski definition) is 2. The molecule has 0 amide bonds. The Balaban J connectivity index is 1.53. The number of benzene rings is 1. The van der Waals surface area contributed by atoms with E-state index in [-0.39, 0.29) is 5.56 Å². The Morgan fingerprint density at radius 3 is 2.57 bits per heavy atom. The maximum absolute atomic E-state index is 10.8. The number of nitrogens with zero attached hydrogens (tertiary/aromatic N) is 2. The maximum atomic E-state index is 10.8. The Bertz CT molecular complexity index is 766. The van der Waals surface area contributed by atoms with E-state index in [0.717, 1.165) is 17.0 Å². The molecule has 116 valence electrons. The molecule has 0 fully saturated rings. The second-order valence-corrected chi connectivity index (χ2v) is 4.95. The molecule has 0 spiro atoms. The summed E-state index contributed by atoms with van der Waals surface area (Å²) in [5.74, 6) is -0.230. The van der Waals surface area contributed by atoms with Crippen molar-refractivity contribution < 1.29 is 14.6 Å². The fourth-order valence-electron chi connectivity index (χ4n) is 2.12. The van der Waals surface area contributed by atoms with Crippen molar-refractivity contribution >= 4 is 5.97 Å². The number of aromatic carboxylic acids is 1. The van der Waals surface area contributed by atoms with Gasteiger partial charge in [-0.2, -0.15) is 5.10 Å². The predicted octanol–water partition coefficient (Wildman–Crippen LogP) is 2.79. The SMILES string of the molecule is O=C(O)c1ccc(CCOc2ccc(-c3ccn[nH]3)nc2)cc1. The zero-order valence-corrected chi connectivity index (χ0v) is 12.3. The van der Waals surface area contributed by atoms with Gasteiger partial charge in [0, 0.05) is 12.6 Å². The first-order valence-corrected chi connectivity index (χ1v) is 7.13. The summed E-state index contributed by atoms with van der Waals surface area (Å²) in [6, 6.07) is 12.4. The second-order valence-electron chi connectivity index (χ2n) is 4.95. The van der Waals surface area contributed by atoms with Gasteiger partial charge in [0.2, 0.25) is 0 Å². The third-order valence-corrected chi connectivity index (χ3v) is 3.37. The molecule has 23 heavy (non-hydrogen) atoms. The first-order valence-electron chi connectivity index (χ1n) is 7.13. The molecule has 0 aliphatic heterocycles. The van der Waals surface area contributed by atoms with Crippen LogP contribution >= 0.6 is 0 Å². The molecule has 2 heterocycles. The van der Waals surface area contributed by atoms with Crippen LogP contribution in [0.4, 0.5) is 0 Å². The second kappa shape index (κ2) is 6.74. The van der Waals surface area contributed by atoms with E-state index in [9.17, 15) is 4.79 Å². The number of carbonyl (C=O) groups is 1. The van der Waals surface area contributed by atoms with Gasteiger partial charge in [0.25, 0.3) is 0 Å². The predicted molar refractivity (Wildman–Crippen MR) is 84.4 cm³/mol. The summed E-state index contributed by atoms with van der Waals surface area (Å²) in [7, 11) is 0. The number of carboxylic acid groups (broad SMARTS) is 1. The largest absolute Gasteiger partial charge is 0.492 e. The van der Waals surface area contributed by atoms with Crippen LogP contribution in [-0.2, 0) is 6.42 Å². The van der Waals surface area contributed by atoms with Crippen molar-refractivity contribution in [2.75, 3.05) is 6.61 Å². The van der Waals surface area contributed by atoms with Crippen LogP contribution in [0.15, 0.2) is 54.9 Å². The normalized spacial score (nSPS) is 10.4. The summed E-state index contributed by atoms with van der Waals surface area (Å²) in [5, 5.41) is 15.6. The first kappa shape index (κ1) is 14.8. The van der Waals surface area contributed by atoms with Gasteiger partial charge in [0.15, 0.2) is 0 Å². The minimum atomic E-state index is -0.920. The highest BCUT2D eigenvalue weighted by Crippen LogP contribution is 2.17. The number of nitrogens with one attached hydrogen (secondary N) is 1. The fourth-order valence-corrected chi connectivity index (χ4v) is 2.12. The van der Waals surface area contributed by atoms with Crippen molar-refractivity contribution in [3.8, 4) is 17.1 Å². The molecule has 0 atom stereocenters. The smallest absolute Gasteiger partial charge is 0.335 e. The van der Waals surface area contributed by atoms with Gasteiger partial charge in [0.05, 0.1) is 29.8 Å². The standard InChI is InChI=1S/C17H15N3O3/c21-17(22)13-3-1-12(2-4-13)8-10-23-14-5-6-15(18-11-14)16-7-9-19-20-16/h1-7,9,11H,8,10H2,(H,19,20)(H,21,22). The molecule has 3 rings (SSSR count). The number of carboxylic acids is 1. The van der Waals surface area contributed by atoms with Crippen LogP contribution in [0, 0.1) is 0 Å². The van der Waals surface area contributed by atoms with E-state index >= 15 is 0 Å². The maximum Gasteiger partial charge on any atom is 0.335 e. The Morgan fingerprint density at radius 1 is 1.13 bits per heavy atom. The number of aromatic nitrogens is 3. The van der Waals surface area contributed by atoms with Crippen LogP contribution in [0.3, 0.4) is 0 Å². The van der Waals surface area contributed by atoms with Crippen LogP contribution in [-0.4, -0.2) is 32.9 Å². The van der Waals surface area contributed by atoms with Crippen molar-refractivity contribution in [3.05, 3.63) is 66.0 Å². The Kier molecular flexibility index (Phi) is 4.33. The number of ether oxygens (including phenoxy) is 1. The molecule has 0 saturated heterocycles. The number of rotatable bonds is 6. The summed E-state index contributed by atoms with van der Waals surface area (Å²) in [6.07, 6.45) is 4.04. The lowest BCUT2D eigenvalue weighted by Gasteiger charge is -2.07. The van der Waals surface area contributed by atoms with Crippen molar-refractivity contribution in [3.63, 3.8) is 0 Å². The third-order valence-electron chi connectivity index (χ3n) is 3.37. The van der Waals surface area contributed by atoms with Gasteiger partial charge in [-0.15, -0.1) is 0 Å². The summed E-state index contributed by atoms with van der Waals surface area (Å²) in [4.78, 5) is 15.1. The van der Waals surface area contributed by atoms with E-state index in [1.807, 2.05) is 18.2 Å². The molecular formula is C17H15N3O3. The highest BCUT2D eigenvalue weighted by molar-refractivity contribution is 5.87. The zero-order valence-electron chi connectivity index (χ0n) is 12.3. The molecule has 0 radical (unpaired) electrons. The van der Waals surface area contributed by atoms with Gasteiger partial charge >= 0.3 is 5.97 Å².